The number of hydrogen-bond donors (Lipinski definition) is 1. The Morgan fingerprint density at radius 2 is 1.32 bits per heavy atom. The fourth-order valence-corrected chi connectivity index (χ4v) is 6.04. The van der Waals surface area contributed by atoms with Gasteiger partial charge < -0.3 is 19.3 Å². The number of unbranched alkanes of at least 4 members (excludes halogenated alkanes) is 14. The number of rotatable bonds is 29. The van der Waals surface area contributed by atoms with Crippen LogP contribution < -0.4 is 0 Å². The third-order valence-electron chi connectivity index (χ3n) is 6.83. The lowest BCUT2D eigenvalue weighted by atomic mass is 10.1. The van der Waals surface area contributed by atoms with E-state index in [-0.39, 0.29) is 19.3 Å². The largest absolute Gasteiger partial charge is 0.461 e. The molecule has 0 aliphatic carbocycles. The zero-order chi connectivity index (χ0) is 28.3. The molecule has 0 saturated heterocycles. The zero-order valence-corrected chi connectivity index (χ0v) is 26.8. The summed E-state index contributed by atoms with van der Waals surface area (Å²) in [5.41, 5.74) is -2.44. The monoisotopic (exact) mass is 578 g/mol. The van der Waals surface area contributed by atoms with Crippen molar-refractivity contribution >= 4 is 26.2 Å². The second kappa shape index (κ2) is 27.0. The van der Waals surface area contributed by atoms with E-state index >= 15 is 0 Å². The van der Waals surface area contributed by atoms with Crippen molar-refractivity contribution in [3.8, 4) is 0 Å². The van der Waals surface area contributed by atoms with Crippen LogP contribution in [0.2, 0.25) is 0 Å². The van der Waals surface area contributed by atoms with E-state index in [1.807, 2.05) is 0 Å². The molecule has 0 aromatic carbocycles. The molecule has 3 atom stereocenters. The summed E-state index contributed by atoms with van der Waals surface area (Å²) >= 11 is 2.05. The molecule has 0 radical (unpaired) electrons. The van der Waals surface area contributed by atoms with Gasteiger partial charge in [-0.05, 0) is 38.9 Å². The van der Waals surface area contributed by atoms with Gasteiger partial charge in [0, 0.05) is 11.9 Å². The van der Waals surface area contributed by atoms with Gasteiger partial charge in [0.1, 0.15) is 0 Å². The molecule has 0 heterocycles. The molecule has 0 rings (SSSR count). The maximum Gasteiger partial charge on any atom is 0.379 e. The summed E-state index contributed by atoms with van der Waals surface area (Å²) < 4.78 is 27.2. The van der Waals surface area contributed by atoms with Crippen LogP contribution in [0.15, 0.2) is 0 Å². The van der Waals surface area contributed by atoms with Gasteiger partial charge in [-0.2, -0.15) is 11.8 Å². The van der Waals surface area contributed by atoms with E-state index in [0.29, 0.717) is 18.3 Å². The van der Waals surface area contributed by atoms with Crippen molar-refractivity contribution in [1.82, 2.24) is 0 Å². The Bertz CT molecular complexity index is 553. The maximum absolute atomic E-state index is 11.7. The molecule has 0 aliphatic heterocycles. The minimum absolute atomic E-state index is 0.0604. The molecule has 0 amide bonds. The van der Waals surface area contributed by atoms with Crippen molar-refractivity contribution in [1.29, 1.82) is 0 Å². The number of hydrogen-bond acceptors (Lipinski definition) is 7. The van der Waals surface area contributed by atoms with Crippen molar-refractivity contribution in [2.45, 2.75) is 160 Å². The molecule has 0 spiro atoms. The first-order valence-electron chi connectivity index (χ1n) is 15.6. The topological polar surface area (TPSA) is 82.1 Å². The van der Waals surface area contributed by atoms with Crippen LogP contribution in [0.5, 0.6) is 0 Å². The number of thioether (sulfide) groups is 1. The Labute approximate surface area is 240 Å². The zero-order valence-electron chi connectivity index (χ0n) is 25.1. The summed E-state index contributed by atoms with van der Waals surface area (Å²) in [4.78, 5) is 11.7. The van der Waals surface area contributed by atoms with E-state index in [9.17, 15) is 14.5 Å². The SMILES string of the molecule is CCCCCCCCCCCCCSC(CCCCCCC)C(C)OCCCOC(O)(P=O)C(=O)OCC. The molecule has 0 fully saturated rings. The predicted molar refractivity (Wildman–Crippen MR) is 161 cm³/mol. The number of esters is 1. The molecule has 1 N–H and O–H groups in total. The Morgan fingerprint density at radius 1 is 0.789 bits per heavy atom. The van der Waals surface area contributed by atoms with Gasteiger partial charge in [0.2, 0.25) is 8.46 Å². The molecule has 0 bridgehead atoms. The van der Waals surface area contributed by atoms with Gasteiger partial charge in [-0.3, -0.25) is 4.57 Å². The van der Waals surface area contributed by atoms with Gasteiger partial charge in [-0.25, -0.2) is 4.79 Å². The van der Waals surface area contributed by atoms with Gasteiger partial charge in [-0.15, -0.1) is 0 Å². The first kappa shape index (κ1) is 37.8. The minimum atomic E-state index is -2.44. The van der Waals surface area contributed by atoms with Crippen molar-refractivity contribution in [3.63, 3.8) is 0 Å². The molecule has 0 aliphatic rings. The first-order valence-corrected chi connectivity index (χ1v) is 17.4. The Kier molecular flexibility index (Phi) is 26.9. The summed E-state index contributed by atoms with van der Waals surface area (Å²) in [6, 6.07) is 0. The van der Waals surface area contributed by atoms with Crippen LogP contribution in [0.3, 0.4) is 0 Å². The van der Waals surface area contributed by atoms with E-state index in [1.54, 1.807) is 6.92 Å². The summed E-state index contributed by atoms with van der Waals surface area (Å²) in [7, 11) is -0.826. The van der Waals surface area contributed by atoms with Gasteiger partial charge >= 0.3 is 11.5 Å². The Hall–Kier alpha value is -0.200. The highest BCUT2D eigenvalue weighted by Gasteiger charge is 2.40. The highest BCUT2D eigenvalue weighted by molar-refractivity contribution is 7.99. The molecule has 0 aromatic heterocycles. The molecule has 8 heteroatoms. The summed E-state index contributed by atoms with van der Waals surface area (Å²) in [5, 5.41) is 10.5. The molecule has 3 unspecified atom stereocenters. The van der Waals surface area contributed by atoms with Crippen molar-refractivity contribution in [2.75, 3.05) is 25.6 Å². The Morgan fingerprint density at radius 3 is 1.84 bits per heavy atom. The summed E-state index contributed by atoms with van der Waals surface area (Å²) in [6.07, 6.45) is 23.2. The smallest absolute Gasteiger partial charge is 0.379 e. The average molecular weight is 579 g/mol. The lowest BCUT2D eigenvalue weighted by molar-refractivity contribution is -0.196. The molecular formula is C30H59O6PS. The summed E-state index contributed by atoms with van der Waals surface area (Å²) in [5.74, 6) is 0.149. The van der Waals surface area contributed by atoms with Crippen LogP contribution in [0.1, 0.15) is 143 Å². The molecule has 6 nitrogen and oxygen atoms in total. The van der Waals surface area contributed by atoms with Gasteiger partial charge in [0.05, 0.1) is 19.3 Å². The van der Waals surface area contributed by atoms with Crippen LogP contribution >= 0.6 is 20.2 Å². The molecular weight excluding hydrogens is 519 g/mol. The van der Waals surface area contributed by atoms with E-state index in [4.69, 9.17) is 14.2 Å². The van der Waals surface area contributed by atoms with E-state index in [1.165, 1.54) is 115 Å². The number of ether oxygens (including phenoxy) is 3. The van der Waals surface area contributed by atoms with Crippen molar-refractivity contribution in [3.05, 3.63) is 0 Å². The van der Waals surface area contributed by atoms with Crippen LogP contribution in [0.25, 0.3) is 0 Å². The van der Waals surface area contributed by atoms with Crippen LogP contribution in [-0.4, -0.2) is 53.5 Å². The van der Waals surface area contributed by atoms with Gasteiger partial charge in [-0.1, -0.05) is 110 Å². The lowest BCUT2D eigenvalue weighted by Gasteiger charge is -2.24. The fourth-order valence-electron chi connectivity index (χ4n) is 4.40. The molecule has 0 aromatic rings. The van der Waals surface area contributed by atoms with Crippen LogP contribution in [0, 0.1) is 0 Å². The minimum Gasteiger partial charge on any atom is -0.461 e. The van der Waals surface area contributed by atoms with E-state index in [0.717, 1.165) is 0 Å². The van der Waals surface area contributed by atoms with Crippen molar-refractivity contribution < 1.29 is 28.7 Å². The predicted octanol–water partition coefficient (Wildman–Crippen LogP) is 9.07. The number of aliphatic hydroxyl groups is 1. The third kappa shape index (κ3) is 20.7. The summed E-state index contributed by atoms with van der Waals surface area (Å²) in [6.45, 7) is 8.88. The maximum atomic E-state index is 11.7. The van der Waals surface area contributed by atoms with Crippen LogP contribution in [0.4, 0.5) is 0 Å². The average Bonchev–Trinajstić information content (AvgIpc) is 2.91. The third-order valence-corrected chi connectivity index (χ3v) is 8.96. The highest BCUT2D eigenvalue weighted by Crippen LogP contribution is 2.26. The Balaban J connectivity index is 4.23. The van der Waals surface area contributed by atoms with Crippen LogP contribution in [-0.2, 0) is 23.6 Å². The number of carbonyl (C=O) groups excluding carboxylic acids is 1. The highest BCUT2D eigenvalue weighted by atomic mass is 32.2. The molecule has 0 saturated carbocycles. The quantitative estimate of drug-likeness (QED) is 0.0410. The second-order valence-electron chi connectivity index (χ2n) is 10.3. The first-order chi connectivity index (χ1) is 18.4. The second-order valence-corrected chi connectivity index (χ2v) is 12.5. The lowest BCUT2D eigenvalue weighted by Crippen LogP contribution is -2.38. The van der Waals surface area contributed by atoms with Gasteiger partial charge in [0.15, 0.2) is 0 Å². The fraction of sp³-hybridized carbons (Fsp3) is 0.967. The van der Waals surface area contributed by atoms with Crippen molar-refractivity contribution in [2.24, 2.45) is 0 Å². The van der Waals surface area contributed by atoms with Gasteiger partial charge in [0.25, 0.3) is 0 Å². The molecule has 38 heavy (non-hydrogen) atoms. The van der Waals surface area contributed by atoms with E-state index < -0.39 is 20.0 Å². The molecule has 226 valence electrons. The standard InChI is InChI=1S/C30H59O6PS/c1-5-8-10-12-13-14-15-16-17-19-21-26-38-28(23-20-18-11-9-6-2)27(4)35-24-22-25-36-30(32,37-33)29(31)34-7-3/h27-28,32H,5-26H2,1-4H3. The van der Waals surface area contributed by atoms with E-state index in [2.05, 4.69) is 32.5 Å². The number of carbonyl (C=O) groups is 1. The normalized spacial score (nSPS) is 14.9.